The third-order valence-electron chi connectivity index (χ3n) is 8.44. The fraction of sp³-hybridized carbons (Fsp3) is 0.759. The lowest BCUT2D eigenvalue weighted by Crippen LogP contribution is -2.61. The molecule has 37 heavy (non-hydrogen) atoms. The second-order valence-electron chi connectivity index (χ2n) is 12.9. The van der Waals surface area contributed by atoms with E-state index in [0.29, 0.717) is 26.1 Å². The van der Waals surface area contributed by atoms with Gasteiger partial charge >= 0.3 is 0 Å². The first-order valence-electron chi connectivity index (χ1n) is 13.9. The van der Waals surface area contributed by atoms with Crippen molar-refractivity contribution in [1.29, 1.82) is 0 Å². The molecular weight excluding hydrogens is 470 g/mol. The molecule has 206 valence electrons. The molecule has 0 bridgehead atoms. The molecule has 4 rings (SSSR count). The van der Waals surface area contributed by atoms with Crippen LogP contribution in [-0.4, -0.2) is 93.1 Å². The summed E-state index contributed by atoms with van der Waals surface area (Å²) < 4.78 is 6.70. The number of fused-ring (bicyclic) bond motifs is 2. The lowest BCUT2D eigenvalue weighted by atomic mass is 9.77. The molecular formula is C29H45N3O5. The number of carbonyl (C=O) groups excluding carboxylic acids is 3. The van der Waals surface area contributed by atoms with Crippen LogP contribution >= 0.6 is 0 Å². The van der Waals surface area contributed by atoms with Crippen molar-refractivity contribution < 1.29 is 24.2 Å². The number of amides is 3. The number of hydrogen-bond acceptors (Lipinski definition) is 5. The van der Waals surface area contributed by atoms with E-state index in [0.717, 1.165) is 12.8 Å². The molecule has 2 saturated heterocycles. The number of carbonyl (C=O) groups is 3. The smallest absolute Gasteiger partial charge is 0.249 e. The molecule has 8 heteroatoms. The van der Waals surface area contributed by atoms with Gasteiger partial charge in [-0.25, -0.2) is 0 Å². The zero-order valence-corrected chi connectivity index (χ0v) is 23.6. The van der Waals surface area contributed by atoms with Crippen molar-refractivity contribution in [2.75, 3.05) is 26.2 Å². The van der Waals surface area contributed by atoms with Gasteiger partial charge in [-0.2, -0.15) is 0 Å². The summed E-state index contributed by atoms with van der Waals surface area (Å²) in [6, 6.07) is -1.47. The van der Waals surface area contributed by atoms with Crippen molar-refractivity contribution in [2.45, 2.75) is 97.1 Å². The van der Waals surface area contributed by atoms with Crippen LogP contribution in [0, 0.1) is 17.3 Å². The van der Waals surface area contributed by atoms with Crippen LogP contribution < -0.4 is 0 Å². The number of aliphatic hydroxyl groups is 1. The van der Waals surface area contributed by atoms with E-state index >= 15 is 0 Å². The van der Waals surface area contributed by atoms with Crippen LogP contribution in [0.4, 0.5) is 0 Å². The van der Waals surface area contributed by atoms with Gasteiger partial charge in [-0.05, 0) is 38.5 Å². The van der Waals surface area contributed by atoms with E-state index in [-0.39, 0.29) is 29.7 Å². The van der Waals surface area contributed by atoms with Crippen molar-refractivity contribution >= 4 is 17.7 Å². The molecule has 1 unspecified atom stereocenters. The van der Waals surface area contributed by atoms with Gasteiger partial charge in [-0.3, -0.25) is 14.4 Å². The minimum atomic E-state index is -1.26. The summed E-state index contributed by atoms with van der Waals surface area (Å²) in [5.41, 5.74) is -1.75. The molecule has 6 atom stereocenters. The number of nitrogens with zero attached hydrogens (tertiary/aromatic N) is 3. The average Bonchev–Trinajstić information content (AvgIpc) is 3.11. The van der Waals surface area contributed by atoms with Crippen molar-refractivity contribution in [3.63, 3.8) is 0 Å². The van der Waals surface area contributed by atoms with Crippen molar-refractivity contribution in [3.05, 3.63) is 24.3 Å². The molecule has 1 N–H and O–H groups in total. The second-order valence-corrected chi connectivity index (χ2v) is 12.9. The monoisotopic (exact) mass is 515 g/mol. The van der Waals surface area contributed by atoms with Crippen molar-refractivity contribution in [2.24, 2.45) is 17.3 Å². The molecule has 0 saturated carbocycles. The Balaban J connectivity index is 1.83. The molecule has 0 aromatic rings. The van der Waals surface area contributed by atoms with Gasteiger partial charge in [0.2, 0.25) is 17.7 Å². The average molecular weight is 516 g/mol. The standard InChI is InChI=1S/C29H45N3O5/c1-8-14-30-15-10-12-20-21(24(30)34)22-25(35)32(19(9-2)17-33)23-26(36)31(16-11-13-29(22,23)37-20)28(6,7)18-27(3,4)5/h10-13,19-23,33H,8-9,14-18H2,1-7H3/t19-,20-,21+,22-,23?,29-/m0/s1. The van der Waals surface area contributed by atoms with Crippen LogP contribution in [0.5, 0.6) is 0 Å². The molecule has 0 radical (unpaired) electrons. The molecule has 4 aliphatic heterocycles. The summed E-state index contributed by atoms with van der Waals surface area (Å²) in [6.45, 7) is 15.8. The molecule has 2 fully saturated rings. The molecule has 3 amide bonds. The van der Waals surface area contributed by atoms with Crippen LogP contribution in [0.15, 0.2) is 24.3 Å². The van der Waals surface area contributed by atoms with Gasteiger partial charge in [0, 0.05) is 25.2 Å². The van der Waals surface area contributed by atoms with E-state index in [2.05, 4.69) is 34.6 Å². The highest BCUT2D eigenvalue weighted by Gasteiger charge is 2.72. The second kappa shape index (κ2) is 9.84. The van der Waals surface area contributed by atoms with E-state index in [1.54, 1.807) is 9.80 Å². The highest BCUT2D eigenvalue weighted by atomic mass is 16.5. The molecule has 0 aromatic heterocycles. The zero-order valence-electron chi connectivity index (χ0n) is 23.6. The lowest BCUT2D eigenvalue weighted by Gasteiger charge is -2.45. The van der Waals surface area contributed by atoms with Crippen molar-refractivity contribution in [3.8, 4) is 0 Å². The van der Waals surface area contributed by atoms with E-state index in [1.165, 1.54) is 0 Å². The highest BCUT2D eigenvalue weighted by Crippen LogP contribution is 2.54. The Morgan fingerprint density at radius 1 is 1.05 bits per heavy atom. The summed E-state index contributed by atoms with van der Waals surface area (Å²) in [7, 11) is 0. The number of likely N-dealkylation sites (tertiary alicyclic amines) is 1. The summed E-state index contributed by atoms with van der Waals surface area (Å²) in [4.78, 5) is 47.8. The number of aliphatic hydroxyl groups excluding tert-OH is 1. The lowest BCUT2D eigenvalue weighted by molar-refractivity contribution is -0.155. The van der Waals surface area contributed by atoms with Gasteiger partial charge in [0.05, 0.1) is 30.6 Å². The zero-order chi connectivity index (χ0) is 27.3. The van der Waals surface area contributed by atoms with E-state index < -0.39 is 41.2 Å². The first-order chi connectivity index (χ1) is 17.3. The van der Waals surface area contributed by atoms with Crippen LogP contribution in [0.3, 0.4) is 0 Å². The van der Waals surface area contributed by atoms with Gasteiger partial charge in [-0.15, -0.1) is 0 Å². The molecule has 0 aliphatic carbocycles. The number of rotatable bonds is 7. The Bertz CT molecular complexity index is 979. The predicted octanol–water partition coefficient (Wildman–Crippen LogP) is 2.76. The summed E-state index contributed by atoms with van der Waals surface area (Å²) in [5, 5.41) is 10.3. The summed E-state index contributed by atoms with van der Waals surface area (Å²) in [6.07, 6.45) is 9.17. The van der Waals surface area contributed by atoms with Crippen LogP contribution in [-0.2, 0) is 19.1 Å². The predicted molar refractivity (Wildman–Crippen MR) is 141 cm³/mol. The Morgan fingerprint density at radius 2 is 1.76 bits per heavy atom. The summed E-state index contributed by atoms with van der Waals surface area (Å²) in [5.74, 6) is -2.07. The Hall–Kier alpha value is -2.19. The van der Waals surface area contributed by atoms with Gasteiger partial charge in [0.15, 0.2) is 0 Å². The maximum absolute atomic E-state index is 14.5. The first-order valence-corrected chi connectivity index (χ1v) is 13.9. The molecule has 8 nitrogen and oxygen atoms in total. The molecule has 1 spiro atoms. The van der Waals surface area contributed by atoms with Gasteiger partial charge in [0.25, 0.3) is 0 Å². The SMILES string of the molecule is CCCN1CC=C[C@@H]2O[C@]34C=CCN(C(C)(C)CC(C)(C)C)C(=O)C3N([C@@H](CC)CO)C(=O)[C@@H]4[C@@H]2C1=O. The van der Waals surface area contributed by atoms with E-state index in [4.69, 9.17) is 4.74 Å². The van der Waals surface area contributed by atoms with Crippen molar-refractivity contribution in [1.82, 2.24) is 14.7 Å². The Morgan fingerprint density at radius 3 is 2.35 bits per heavy atom. The summed E-state index contributed by atoms with van der Waals surface area (Å²) >= 11 is 0. The maximum Gasteiger partial charge on any atom is 0.249 e. The van der Waals surface area contributed by atoms with Gasteiger partial charge in [-0.1, -0.05) is 58.9 Å². The third kappa shape index (κ3) is 4.54. The highest BCUT2D eigenvalue weighted by molar-refractivity contribution is 6.00. The molecule has 4 aliphatic rings. The largest absolute Gasteiger partial charge is 0.394 e. The fourth-order valence-corrected chi connectivity index (χ4v) is 7.34. The minimum Gasteiger partial charge on any atom is -0.394 e. The van der Waals surface area contributed by atoms with Crippen LogP contribution in [0.25, 0.3) is 0 Å². The maximum atomic E-state index is 14.5. The molecule has 4 heterocycles. The first kappa shape index (κ1) is 27.8. The van der Waals surface area contributed by atoms with E-state index in [1.807, 2.05) is 43.1 Å². The van der Waals surface area contributed by atoms with Crippen LogP contribution in [0.1, 0.15) is 67.7 Å². The normalized spacial score (nSPS) is 32.9. The van der Waals surface area contributed by atoms with Gasteiger partial charge < -0.3 is 24.5 Å². The molecule has 0 aromatic carbocycles. The Labute approximate surface area is 221 Å². The quantitative estimate of drug-likeness (QED) is 0.527. The van der Waals surface area contributed by atoms with Gasteiger partial charge in [0.1, 0.15) is 11.6 Å². The van der Waals surface area contributed by atoms with Crippen LogP contribution in [0.2, 0.25) is 0 Å². The Kier molecular flexibility index (Phi) is 7.40. The topological polar surface area (TPSA) is 90.4 Å². The minimum absolute atomic E-state index is 0.0146. The van der Waals surface area contributed by atoms with E-state index in [9.17, 15) is 19.5 Å². The number of ether oxygens (including phenoxy) is 1. The third-order valence-corrected chi connectivity index (χ3v) is 8.44. The number of hydrogen-bond donors (Lipinski definition) is 1. The fourth-order valence-electron chi connectivity index (χ4n) is 7.34.